The van der Waals surface area contributed by atoms with Crippen molar-refractivity contribution in [3.63, 3.8) is 0 Å². The van der Waals surface area contributed by atoms with E-state index in [2.05, 4.69) is 228 Å². The zero-order valence-electron chi connectivity index (χ0n) is 33.5. The van der Waals surface area contributed by atoms with Crippen molar-refractivity contribution in [1.29, 1.82) is 0 Å². The Balaban J connectivity index is 1.04. The Hall–Kier alpha value is -7.92. The smallest absolute Gasteiger partial charge is 0.143 e. The van der Waals surface area contributed by atoms with Crippen molar-refractivity contribution in [2.75, 3.05) is 4.90 Å². The number of benzene rings is 10. The molecule has 10 aromatic carbocycles. The highest BCUT2D eigenvalue weighted by atomic mass is 32.1. The van der Waals surface area contributed by atoms with Crippen molar-refractivity contribution in [3.8, 4) is 27.9 Å². The number of thiophene rings is 1. The Kier molecular flexibility index (Phi) is 7.78. The number of rotatable bonds is 6. The number of para-hydroxylation sites is 3. The molecule has 0 atom stereocenters. The van der Waals surface area contributed by atoms with Crippen molar-refractivity contribution in [2.45, 2.75) is 0 Å². The average Bonchev–Trinajstić information content (AvgIpc) is 4.02. The van der Waals surface area contributed by atoms with E-state index >= 15 is 0 Å². The van der Waals surface area contributed by atoms with Crippen LogP contribution in [0.25, 0.3) is 103 Å². The van der Waals surface area contributed by atoms with Gasteiger partial charge >= 0.3 is 0 Å². The van der Waals surface area contributed by atoms with E-state index in [9.17, 15) is 0 Å². The summed E-state index contributed by atoms with van der Waals surface area (Å²) < 4.78 is 11.8. The third-order valence-corrected chi connectivity index (χ3v) is 13.7. The van der Waals surface area contributed by atoms with E-state index in [4.69, 9.17) is 4.42 Å². The van der Waals surface area contributed by atoms with Crippen LogP contribution in [0.3, 0.4) is 0 Å². The van der Waals surface area contributed by atoms with Crippen LogP contribution in [-0.2, 0) is 0 Å². The van der Waals surface area contributed by atoms with E-state index in [1.807, 2.05) is 11.3 Å². The molecule has 0 saturated carbocycles. The van der Waals surface area contributed by atoms with Crippen LogP contribution in [0.15, 0.2) is 223 Å². The molecule has 0 aliphatic carbocycles. The van der Waals surface area contributed by atoms with Crippen LogP contribution in [0.4, 0.5) is 17.1 Å². The Labute approximate surface area is 361 Å². The number of furan rings is 1. The summed E-state index contributed by atoms with van der Waals surface area (Å²) in [6, 6.07) is 79.3. The summed E-state index contributed by atoms with van der Waals surface area (Å²) in [5.41, 5.74) is 13.2. The summed E-state index contributed by atoms with van der Waals surface area (Å²) >= 11 is 1.85. The van der Waals surface area contributed by atoms with Crippen LogP contribution in [0, 0.1) is 0 Å². The van der Waals surface area contributed by atoms with E-state index in [0.717, 1.165) is 72.2 Å². The fourth-order valence-corrected chi connectivity index (χ4v) is 10.9. The van der Waals surface area contributed by atoms with Crippen LogP contribution in [0.2, 0.25) is 0 Å². The highest BCUT2D eigenvalue weighted by molar-refractivity contribution is 7.25. The van der Waals surface area contributed by atoms with Gasteiger partial charge in [0.15, 0.2) is 0 Å². The maximum Gasteiger partial charge on any atom is 0.143 e. The number of fused-ring (bicyclic) bond motifs is 11. The molecule has 0 spiro atoms. The first-order valence-corrected chi connectivity index (χ1v) is 21.9. The van der Waals surface area contributed by atoms with Gasteiger partial charge in [0.2, 0.25) is 0 Å². The van der Waals surface area contributed by atoms with Gasteiger partial charge in [-0.1, -0.05) is 133 Å². The van der Waals surface area contributed by atoms with Gasteiger partial charge in [-0.3, -0.25) is 0 Å². The molecule has 0 amide bonds. The molecular formula is C58H36N2OS. The molecule has 3 aromatic heterocycles. The Bertz CT molecular complexity index is 3890. The molecule has 3 heterocycles. The summed E-state index contributed by atoms with van der Waals surface area (Å²) in [5, 5.41) is 9.50. The zero-order valence-corrected chi connectivity index (χ0v) is 34.3. The quantitative estimate of drug-likeness (QED) is 0.167. The second-order valence-corrected chi connectivity index (χ2v) is 17.1. The zero-order chi connectivity index (χ0) is 40.7. The molecule has 13 rings (SSSR count). The van der Waals surface area contributed by atoms with Gasteiger partial charge in [0.05, 0.1) is 27.8 Å². The van der Waals surface area contributed by atoms with Gasteiger partial charge in [0, 0.05) is 58.7 Å². The third kappa shape index (κ3) is 5.37. The number of aromatic nitrogens is 1. The SMILES string of the molecule is c1ccc(-n2c3ccccc3c3cc(-c4cccc(N(c5ccccc5-c5ccc6sc7ccccc7c6c5)c5cccc6oc7c8ccccc8ccc7c56)c4)ccc32)cc1. The van der Waals surface area contributed by atoms with Gasteiger partial charge in [0.1, 0.15) is 11.2 Å². The average molecular weight is 809 g/mol. The minimum atomic E-state index is 0.860. The molecule has 0 bridgehead atoms. The maximum atomic E-state index is 6.80. The fourth-order valence-electron chi connectivity index (χ4n) is 9.77. The second-order valence-electron chi connectivity index (χ2n) is 16.0. The van der Waals surface area contributed by atoms with E-state index in [1.54, 1.807) is 0 Å². The van der Waals surface area contributed by atoms with Crippen molar-refractivity contribution in [1.82, 2.24) is 4.57 Å². The highest BCUT2D eigenvalue weighted by Crippen LogP contribution is 2.48. The number of hydrogen-bond acceptors (Lipinski definition) is 3. The number of hydrogen-bond donors (Lipinski definition) is 0. The molecule has 0 radical (unpaired) electrons. The lowest BCUT2D eigenvalue weighted by Crippen LogP contribution is -2.11. The van der Waals surface area contributed by atoms with Crippen LogP contribution in [-0.4, -0.2) is 4.57 Å². The Morgan fingerprint density at radius 1 is 0.403 bits per heavy atom. The first-order valence-electron chi connectivity index (χ1n) is 21.1. The van der Waals surface area contributed by atoms with Gasteiger partial charge in [0.25, 0.3) is 0 Å². The summed E-state index contributed by atoms with van der Waals surface area (Å²) in [4.78, 5) is 2.45. The van der Waals surface area contributed by atoms with E-state index in [1.165, 1.54) is 47.5 Å². The van der Waals surface area contributed by atoms with Gasteiger partial charge in [-0.25, -0.2) is 0 Å². The van der Waals surface area contributed by atoms with Crippen LogP contribution < -0.4 is 4.90 Å². The predicted octanol–water partition coefficient (Wildman–Crippen LogP) is 17.0. The first kappa shape index (κ1) is 34.9. The molecule has 62 heavy (non-hydrogen) atoms. The van der Waals surface area contributed by atoms with Gasteiger partial charge in [-0.2, -0.15) is 0 Å². The summed E-state index contributed by atoms with van der Waals surface area (Å²) in [7, 11) is 0. The lowest BCUT2D eigenvalue weighted by molar-refractivity contribution is 0.672. The Morgan fingerprint density at radius 2 is 1.10 bits per heavy atom. The van der Waals surface area contributed by atoms with Gasteiger partial charge in [-0.15, -0.1) is 11.3 Å². The van der Waals surface area contributed by atoms with Crippen molar-refractivity contribution in [3.05, 3.63) is 218 Å². The molecule has 0 unspecified atom stereocenters. The molecule has 0 saturated heterocycles. The molecule has 0 fully saturated rings. The third-order valence-electron chi connectivity index (χ3n) is 12.6. The van der Waals surface area contributed by atoms with Crippen molar-refractivity contribution in [2.24, 2.45) is 0 Å². The molecule has 0 aliphatic heterocycles. The standard InChI is InChI=1S/C58H36N2OS/c1-2-16-41(17-3-1)59-51-24-10-7-21-45(51)48-35-39(29-32-52(48)59)38-15-12-18-42(34-38)60(53-25-13-26-54-57(53)47-31-28-37-14-4-5-20-44(37)58(47)61-54)50-23-9-6-19-43(50)40-30-33-56-49(36-40)46-22-8-11-27-55(46)62-56/h1-36H. The minimum absolute atomic E-state index is 0.860. The van der Waals surface area contributed by atoms with Crippen LogP contribution in [0.5, 0.6) is 0 Å². The maximum absolute atomic E-state index is 6.80. The monoisotopic (exact) mass is 808 g/mol. The molecular weight excluding hydrogens is 773 g/mol. The topological polar surface area (TPSA) is 21.3 Å². The largest absolute Gasteiger partial charge is 0.455 e. The number of anilines is 3. The summed E-state index contributed by atoms with van der Waals surface area (Å²) in [6.45, 7) is 0. The predicted molar refractivity (Wildman–Crippen MR) is 264 cm³/mol. The highest BCUT2D eigenvalue weighted by Gasteiger charge is 2.24. The molecule has 3 nitrogen and oxygen atoms in total. The van der Waals surface area contributed by atoms with Crippen molar-refractivity contribution < 1.29 is 4.42 Å². The van der Waals surface area contributed by atoms with Crippen LogP contribution in [0.1, 0.15) is 0 Å². The number of nitrogens with zero attached hydrogens (tertiary/aromatic N) is 2. The lowest BCUT2D eigenvalue weighted by atomic mass is 9.98. The van der Waals surface area contributed by atoms with Crippen LogP contribution >= 0.6 is 11.3 Å². The molecule has 4 heteroatoms. The summed E-state index contributed by atoms with van der Waals surface area (Å²) in [5.74, 6) is 0. The lowest BCUT2D eigenvalue weighted by Gasteiger charge is -2.29. The van der Waals surface area contributed by atoms with E-state index in [0.29, 0.717) is 0 Å². The molecule has 290 valence electrons. The minimum Gasteiger partial charge on any atom is -0.455 e. The Morgan fingerprint density at radius 3 is 2.03 bits per heavy atom. The molecule has 0 aliphatic rings. The fraction of sp³-hybridized carbons (Fsp3) is 0. The van der Waals surface area contributed by atoms with Gasteiger partial charge in [-0.05, 0) is 107 Å². The van der Waals surface area contributed by atoms with E-state index in [-0.39, 0.29) is 0 Å². The first-order chi connectivity index (χ1) is 30.7. The summed E-state index contributed by atoms with van der Waals surface area (Å²) in [6.07, 6.45) is 0. The normalized spacial score (nSPS) is 11.9. The second kappa shape index (κ2) is 13.8. The van der Waals surface area contributed by atoms with Crippen molar-refractivity contribution >= 4 is 103 Å². The molecule has 13 aromatic rings. The van der Waals surface area contributed by atoms with Gasteiger partial charge < -0.3 is 13.9 Å². The van der Waals surface area contributed by atoms with E-state index < -0.39 is 0 Å². The molecule has 0 N–H and O–H groups in total.